The molecule has 17 heteroatoms. The number of fused-ring (bicyclic) bond motifs is 4. The number of rotatable bonds is 11. The number of aromatic nitrogens is 6. The van der Waals surface area contributed by atoms with E-state index in [-0.39, 0.29) is 30.4 Å². The van der Waals surface area contributed by atoms with Crippen LogP contribution in [0.4, 0.5) is 20.2 Å². The van der Waals surface area contributed by atoms with Crippen LogP contribution in [-0.2, 0) is 25.9 Å². The number of H-pyrrole nitrogens is 2. The Labute approximate surface area is 453 Å². The van der Waals surface area contributed by atoms with E-state index in [0.717, 1.165) is 81.3 Å². The van der Waals surface area contributed by atoms with Crippen LogP contribution in [0.25, 0.3) is 43.6 Å². The number of hydrogen-bond acceptors (Lipinski definition) is 9. The number of halogens is 4. The molecule has 0 saturated carbocycles. The van der Waals surface area contributed by atoms with Crippen molar-refractivity contribution in [3.63, 3.8) is 0 Å². The SMILES string of the molecule is NCc1cc2c(Cl)c[nH]c2cc1F.O=C(NCc1cc2c(Cl)c[nH]c2cc1F)c1ccnc(Cc2ccc3ncc(N4CCCCC4)cc3c2)c1.O=C(O)c1ccnc(Cc2ccc3ncc(N4CCCCC4)cc3c2)c1. The molecule has 0 spiro atoms. The van der Waals surface area contributed by atoms with E-state index in [0.29, 0.717) is 50.6 Å². The zero-order valence-corrected chi connectivity index (χ0v) is 43.6. The molecule has 8 heterocycles. The van der Waals surface area contributed by atoms with E-state index in [9.17, 15) is 18.4 Å². The number of aromatic carboxylic acids is 1. The molecule has 1 amide bonds. The van der Waals surface area contributed by atoms with E-state index in [1.807, 2.05) is 30.6 Å². The van der Waals surface area contributed by atoms with Crippen molar-refractivity contribution in [2.75, 3.05) is 36.0 Å². The standard InChI is InChI=1S/C30H27ClFN5O.C21H21N3O2.C9H8ClFN2/c31-26-18-35-29-15-27(32)22(14-25(26)29)16-36-30(38)20-6-7-33-23(12-20)11-19-4-5-28-21(10-19)13-24(17-34-28)37-8-2-1-3-9-37;25-21(26)16-6-7-22-18(12-16)11-15-4-5-20-17(10-15)13-19(14-23-20)24-8-2-1-3-9-24;10-7-4-13-9-2-8(11)5(3-12)1-6(7)9/h4-7,10,12-15,17-18,35H,1-3,8-9,11,16H2,(H,36,38);4-7,10,12-14H,1-3,8-9,11H2,(H,25,26);1-2,4,13H,3,12H2. The third-order valence-corrected chi connectivity index (χ3v) is 14.7. The fourth-order valence-electron chi connectivity index (χ4n) is 9.93. The fourth-order valence-corrected chi connectivity index (χ4v) is 10.4. The van der Waals surface area contributed by atoms with Gasteiger partial charge in [-0.3, -0.25) is 24.7 Å². The Morgan fingerprint density at radius 1 is 0.597 bits per heavy atom. The van der Waals surface area contributed by atoms with Crippen molar-refractivity contribution in [3.05, 3.63) is 201 Å². The molecule has 6 N–H and O–H groups in total. The number of hydrogen-bond donors (Lipinski definition) is 5. The zero-order chi connectivity index (χ0) is 53.4. The molecule has 0 atom stereocenters. The van der Waals surface area contributed by atoms with E-state index in [2.05, 4.69) is 75.4 Å². The number of nitrogens with one attached hydrogen (secondary N) is 3. The topological polar surface area (TPSA) is 182 Å². The first-order valence-electron chi connectivity index (χ1n) is 25.7. The van der Waals surface area contributed by atoms with Crippen molar-refractivity contribution in [1.29, 1.82) is 0 Å². The number of nitrogens with zero attached hydrogens (tertiary/aromatic N) is 6. The van der Waals surface area contributed by atoms with Crippen LogP contribution in [0, 0.1) is 11.6 Å². The number of carbonyl (C=O) groups is 2. The highest BCUT2D eigenvalue weighted by Crippen LogP contribution is 2.29. The van der Waals surface area contributed by atoms with Crippen molar-refractivity contribution >= 4 is 90.1 Å². The smallest absolute Gasteiger partial charge is 0.335 e. The lowest BCUT2D eigenvalue weighted by atomic mass is 10.0. The van der Waals surface area contributed by atoms with Gasteiger partial charge in [0.15, 0.2) is 0 Å². The fraction of sp³-hybridized carbons (Fsp3) is 0.233. The highest BCUT2D eigenvalue weighted by Gasteiger charge is 2.16. The van der Waals surface area contributed by atoms with E-state index in [4.69, 9.17) is 34.0 Å². The number of piperidine rings is 2. The lowest BCUT2D eigenvalue weighted by molar-refractivity contribution is 0.0696. The van der Waals surface area contributed by atoms with Gasteiger partial charge in [-0.15, -0.1) is 0 Å². The predicted molar refractivity (Wildman–Crippen MR) is 302 cm³/mol. The average molecular weight is 1070 g/mol. The van der Waals surface area contributed by atoms with Crippen LogP contribution in [0.2, 0.25) is 10.0 Å². The van der Waals surface area contributed by atoms with Crippen LogP contribution >= 0.6 is 23.2 Å². The molecule has 12 rings (SSSR count). The maximum atomic E-state index is 14.5. The second-order valence-electron chi connectivity index (χ2n) is 19.4. The molecule has 10 aromatic rings. The summed E-state index contributed by atoms with van der Waals surface area (Å²) in [5, 5.41) is 16.8. The molecule has 2 aliphatic heterocycles. The minimum Gasteiger partial charge on any atom is -0.478 e. The molecule has 6 aromatic heterocycles. The zero-order valence-electron chi connectivity index (χ0n) is 42.1. The summed E-state index contributed by atoms with van der Waals surface area (Å²) in [6.07, 6.45) is 19.1. The van der Waals surface area contributed by atoms with Crippen LogP contribution in [0.5, 0.6) is 0 Å². The number of carboxylic acid groups (broad SMARTS) is 1. The summed E-state index contributed by atoms with van der Waals surface area (Å²) in [6.45, 7) is 4.58. The van der Waals surface area contributed by atoms with Gasteiger partial charge in [-0.2, -0.15) is 0 Å². The second-order valence-corrected chi connectivity index (χ2v) is 20.2. The van der Waals surface area contributed by atoms with Crippen molar-refractivity contribution in [2.45, 2.75) is 64.5 Å². The summed E-state index contributed by atoms with van der Waals surface area (Å²) in [5.74, 6) is -1.92. The van der Waals surface area contributed by atoms with Gasteiger partial charge < -0.3 is 35.9 Å². The molecular formula is C60H56Cl2F2N10O3. The summed E-state index contributed by atoms with van der Waals surface area (Å²) in [6, 6.07) is 29.6. The van der Waals surface area contributed by atoms with Crippen molar-refractivity contribution in [3.8, 4) is 0 Å². The number of amides is 1. The summed E-state index contributed by atoms with van der Waals surface area (Å²) in [4.78, 5) is 52.7. The van der Waals surface area contributed by atoms with Gasteiger partial charge in [0.2, 0.25) is 0 Å². The third-order valence-electron chi connectivity index (χ3n) is 14.1. The molecule has 392 valence electrons. The Hall–Kier alpha value is -7.98. The van der Waals surface area contributed by atoms with Gasteiger partial charge in [-0.1, -0.05) is 35.3 Å². The minimum absolute atomic E-state index is 0.0524. The third kappa shape index (κ3) is 12.7. The number of carbonyl (C=O) groups excluding carboxylic acids is 1. The van der Waals surface area contributed by atoms with Crippen LogP contribution in [0.1, 0.15) is 92.9 Å². The normalized spacial score (nSPS) is 13.6. The summed E-state index contributed by atoms with van der Waals surface area (Å²) in [7, 11) is 0. The van der Waals surface area contributed by atoms with Gasteiger partial charge in [-0.05, 0) is 135 Å². The lowest BCUT2D eigenvalue weighted by Gasteiger charge is -2.28. The molecule has 0 aliphatic carbocycles. The molecule has 2 aliphatic rings. The van der Waals surface area contributed by atoms with Crippen molar-refractivity contribution < 1.29 is 23.5 Å². The van der Waals surface area contributed by atoms with Crippen LogP contribution in [0.15, 0.2) is 134 Å². The summed E-state index contributed by atoms with van der Waals surface area (Å²) in [5.41, 5.74) is 16.3. The van der Waals surface area contributed by atoms with Crippen molar-refractivity contribution in [2.24, 2.45) is 5.73 Å². The highest BCUT2D eigenvalue weighted by atomic mass is 35.5. The Bertz CT molecular complexity index is 3760. The highest BCUT2D eigenvalue weighted by molar-refractivity contribution is 6.36. The Kier molecular flexibility index (Phi) is 16.3. The first kappa shape index (κ1) is 52.5. The number of nitrogens with two attached hydrogens (primary N) is 1. The first-order chi connectivity index (χ1) is 37.4. The molecule has 0 radical (unpaired) electrons. The monoisotopic (exact) mass is 1070 g/mol. The molecule has 4 aromatic carbocycles. The molecular weight excluding hydrogens is 1020 g/mol. The van der Waals surface area contributed by atoms with E-state index >= 15 is 0 Å². The predicted octanol–water partition coefficient (Wildman–Crippen LogP) is 12.7. The van der Waals surface area contributed by atoms with Gasteiger partial charge >= 0.3 is 5.97 Å². The lowest BCUT2D eigenvalue weighted by Crippen LogP contribution is -2.29. The van der Waals surface area contributed by atoms with Gasteiger partial charge in [0, 0.05) is 138 Å². The number of anilines is 2. The van der Waals surface area contributed by atoms with E-state index < -0.39 is 11.8 Å². The molecule has 13 nitrogen and oxygen atoms in total. The van der Waals surface area contributed by atoms with Crippen LogP contribution in [-0.4, -0.2) is 73.1 Å². The Morgan fingerprint density at radius 2 is 1.08 bits per heavy atom. The minimum atomic E-state index is -0.928. The number of pyridine rings is 4. The van der Waals surface area contributed by atoms with Gasteiger partial charge in [0.25, 0.3) is 5.91 Å². The molecule has 0 bridgehead atoms. The van der Waals surface area contributed by atoms with Crippen molar-refractivity contribution in [1.82, 2.24) is 35.2 Å². The summed E-state index contributed by atoms with van der Waals surface area (Å²) < 4.78 is 27.7. The molecule has 77 heavy (non-hydrogen) atoms. The van der Waals surface area contributed by atoms with Gasteiger partial charge in [-0.25, -0.2) is 13.6 Å². The Balaban J connectivity index is 0.000000148. The number of carboxylic acids is 1. The summed E-state index contributed by atoms with van der Waals surface area (Å²) >= 11 is 12.0. The quantitative estimate of drug-likeness (QED) is 0.0836. The first-order valence-corrected chi connectivity index (χ1v) is 26.5. The Morgan fingerprint density at radius 3 is 1.58 bits per heavy atom. The van der Waals surface area contributed by atoms with E-state index in [1.165, 1.54) is 68.1 Å². The van der Waals surface area contributed by atoms with Gasteiger partial charge in [0.05, 0.1) is 50.4 Å². The van der Waals surface area contributed by atoms with E-state index in [1.54, 1.807) is 55.1 Å². The largest absolute Gasteiger partial charge is 0.478 e. The van der Waals surface area contributed by atoms with Gasteiger partial charge in [0.1, 0.15) is 11.6 Å². The maximum Gasteiger partial charge on any atom is 0.335 e. The van der Waals surface area contributed by atoms with Crippen LogP contribution in [0.3, 0.4) is 0 Å². The second kappa shape index (κ2) is 23.9. The molecule has 0 unspecified atom stereocenters. The number of benzene rings is 4. The molecule has 2 fully saturated rings. The number of aromatic amines is 2. The average Bonchev–Trinajstić information content (AvgIpc) is 4.02. The maximum absolute atomic E-state index is 14.5. The molecule has 2 saturated heterocycles. The van der Waals surface area contributed by atoms with Crippen LogP contribution < -0.4 is 20.9 Å².